The summed E-state index contributed by atoms with van der Waals surface area (Å²) in [5.41, 5.74) is 3.76. The first kappa shape index (κ1) is 21.6. The molecule has 4 heteroatoms. The van der Waals surface area contributed by atoms with E-state index in [9.17, 15) is 0 Å². The highest BCUT2D eigenvalue weighted by molar-refractivity contribution is 7.71. The lowest BCUT2D eigenvalue weighted by atomic mass is 10.0. The Labute approximate surface area is 173 Å². The summed E-state index contributed by atoms with van der Waals surface area (Å²) in [4.78, 5) is 0. The van der Waals surface area contributed by atoms with E-state index in [0.29, 0.717) is 4.77 Å². The number of aromatic nitrogens is 3. The van der Waals surface area contributed by atoms with Gasteiger partial charge in [0.25, 0.3) is 0 Å². The van der Waals surface area contributed by atoms with Crippen molar-refractivity contribution in [1.82, 2.24) is 14.8 Å². The smallest absolute Gasteiger partial charge is 0.200 e. The normalized spacial score (nSPS) is 10.6. The molecule has 0 amide bonds. The molecule has 0 saturated carbocycles. The van der Waals surface area contributed by atoms with Crippen molar-refractivity contribution < 1.29 is 0 Å². The first-order valence-corrected chi connectivity index (χ1v) is 10.0. The summed E-state index contributed by atoms with van der Waals surface area (Å²) in [7, 11) is 0. The second-order valence-corrected chi connectivity index (χ2v) is 7.15. The molecule has 1 heterocycles. The summed E-state index contributed by atoms with van der Waals surface area (Å²) in [5, 5.41) is 9.57. The predicted molar refractivity (Wildman–Crippen MR) is 125 cm³/mol. The van der Waals surface area contributed by atoms with Crippen molar-refractivity contribution in [3.05, 3.63) is 82.9 Å². The fraction of sp³-hybridized carbons (Fsp3) is 0.250. The Balaban J connectivity index is 0.000000500. The van der Waals surface area contributed by atoms with Gasteiger partial charge in [0, 0.05) is 5.39 Å². The average Bonchev–Trinajstić information content (AvgIpc) is 3.06. The van der Waals surface area contributed by atoms with E-state index in [0.717, 1.165) is 24.4 Å². The molecule has 0 unspecified atom stereocenters. The summed E-state index contributed by atoms with van der Waals surface area (Å²) < 4.78 is 2.55. The molecule has 28 heavy (non-hydrogen) atoms. The van der Waals surface area contributed by atoms with Gasteiger partial charge in [-0.25, -0.2) is 0 Å². The number of H-pyrrole nitrogens is 1. The van der Waals surface area contributed by atoms with E-state index >= 15 is 0 Å². The third kappa shape index (κ3) is 5.40. The lowest BCUT2D eigenvalue weighted by molar-refractivity contribution is 0.923. The number of hydrogen-bond acceptors (Lipinski definition) is 2. The number of hydrogen-bond donors (Lipinski definition) is 1. The summed E-state index contributed by atoms with van der Waals surface area (Å²) >= 11 is 5.44. The summed E-state index contributed by atoms with van der Waals surface area (Å²) in [6, 6.07) is 12.9. The van der Waals surface area contributed by atoms with E-state index in [4.69, 9.17) is 12.2 Å². The number of aromatic amines is 1. The first-order chi connectivity index (χ1) is 13.5. The fourth-order valence-corrected chi connectivity index (χ4v) is 2.99. The van der Waals surface area contributed by atoms with Gasteiger partial charge in [-0.1, -0.05) is 68.0 Å². The van der Waals surface area contributed by atoms with E-state index in [1.165, 1.54) is 21.9 Å². The molecule has 146 valence electrons. The van der Waals surface area contributed by atoms with Crippen molar-refractivity contribution in [1.29, 1.82) is 0 Å². The molecule has 0 atom stereocenters. The Bertz CT molecular complexity index is 1050. The third-order valence-corrected chi connectivity index (χ3v) is 4.63. The van der Waals surface area contributed by atoms with Crippen LogP contribution in [0.5, 0.6) is 0 Å². The average molecular weight is 392 g/mol. The van der Waals surface area contributed by atoms with Crippen LogP contribution in [0.1, 0.15) is 45.5 Å². The molecule has 3 nitrogen and oxygen atoms in total. The molecule has 0 aliphatic carbocycles. The van der Waals surface area contributed by atoms with Crippen molar-refractivity contribution in [2.45, 2.75) is 40.5 Å². The molecule has 0 bridgehead atoms. The van der Waals surface area contributed by atoms with E-state index in [1.807, 2.05) is 29.7 Å². The molecule has 2 aromatic carbocycles. The minimum Gasteiger partial charge on any atom is -0.268 e. The van der Waals surface area contributed by atoms with Gasteiger partial charge in [0.05, 0.1) is 5.69 Å². The van der Waals surface area contributed by atoms with Crippen LogP contribution in [0.15, 0.2) is 66.8 Å². The van der Waals surface area contributed by atoms with Gasteiger partial charge in [0.1, 0.15) is 0 Å². The first-order valence-electron chi connectivity index (χ1n) is 9.59. The third-order valence-electron chi connectivity index (χ3n) is 4.36. The Morgan fingerprint density at radius 3 is 2.64 bits per heavy atom. The molecular weight excluding hydrogens is 362 g/mol. The monoisotopic (exact) mass is 391 g/mol. The molecule has 0 aliphatic rings. The van der Waals surface area contributed by atoms with Crippen molar-refractivity contribution >= 4 is 29.1 Å². The van der Waals surface area contributed by atoms with Crippen molar-refractivity contribution in [3.8, 4) is 5.69 Å². The largest absolute Gasteiger partial charge is 0.268 e. The minimum absolute atomic E-state index is 0.585. The number of rotatable bonds is 5. The van der Waals surface area contributed by atoms with E-state index < -0.39 is 0 Å². The number of aryl methyl sites for hydroxylation is 1. The van der Waals surface area contributed by atoms with Crippen LogP contribution in [0.25, 0.3) is 22.5 Å². The Morgan fingerprint density at radius 1 is 1.25 bits per heavy atom. The van der Waals surface area contributed by atoms with Gasteiger partial charge in [0.15, 0.2) is 10.6 Å². The van der Waals surface area contributed by atoms with Gasteiger partial charge in [0.2, 0.25) is 0 Å². The zero-order chi connectivity index (χ0) is 20.5. The summed E-state index contributed by atoms with van der Waals surface area (Å²) in [5.74, 6) is 0.767. The topological polar surface area (TPSA) is 33.6 Å². The van der Waals surface area contributed by atoms with Crippen LogP contribution in [0.2, 0.25) is 0 Å². The number of nitrogens with zero attached hydrogens (tertiary/aromatic N) is 2. The Hall–Kier alpha value is -2.72. The van der Waals surface area contributed by atoms with Gasteiger partial charge < -0.3 is 0 Å². The standard InChI is InChI=1S/C19H19N3S.C5H10/c1-3-5-10-18-20-21-19(23)22(18)17-9-6-8-15-12-11-14(7-4-2)13-16(15)17;1-4-5(2)3/h3,5-6,8-13H,1,4,7H2,2H3,(H,21,23);4H,1-3H3/b10-5+;. The van der Waals surface area contributed by atoms with E-state index in [-0.39, 0.29) is 0 Å². The van der Waals surface area contributed by atoms with Crippen LogP contribution in [-0.2, 0) is 6.42 Å². The molecule has 0 aliphatic heterocycles. The second kappa shape index (κ2) is 10.6. The minimum atomic E-state index is 0.585. The maximum absolute atomic E-state index is 5.44. The van der Waals surface area contributed by atoms with Crippen LogP contribution < -0.4 is 0 Å². The second-order valence-electron chi connectivity index (χ2n) is 6.77. The lowest BCUT2D eigenvalue weighted by Crippen LogP contribution is -1.99. The maximum atomic E-state index is 5.44. The SMILES string of the molecule is C=C/C=C/c1n[nH]c(=S)n1-c1cccc2ccc(CCC)cc12.CC=C(C)C. The summed E-state index contributed by atoms with van der Waals surface area (Å²) in [6.45, 7) is 12.1. The quantitative estimate of drug-likeness (QED) is 0.283. The van der Waals surface area contributed by atoms with Crippen LogP contribution >= 0.6 is 12.2 Å². The molecule has 0 radical (unpaired) electrons. The molecule has 1 N–H and O–H groups in total. The van der Waals surface area contributed by atoms with Gasteiger partial charge >= 0.3 is 0 Å². The molecular formula is C24H29N3S. The highest BCUT2D eigenvalue weighted by Gasteiger charge is 2.09. The molecule has 0 fully saturated rings. The molecule has 3 aromatic rings. The number of allylic oxidation sites excluding steroid dienone is 4. The highest BCUT2D eigenvalue weighted by Crippen LogP contribution is 2.25. The van der Waals surface area contributed by atoms with Crippen LogP contribution in [-0.4, -0.2) is 14.8 Å². The Kier molecular flexibility index (Phi) is 8.15. The number of nitrogens with one attached hydrogen (secondary N) is 1. The Morgan fingerprint density at radius 2 is 2.00 bits per heavy atom. The van der Waals surface area contributed by atoms with Crippen molar-refractivity contribution in [2.24, 2.45) is 0 Å². The lowest BCUT2D eigenvalue weighted by Gasteiger charge is -2.10. The number of fused-ring (bicyclic) bond motifs is 1. The van der Waals surface area contributed by atoms with Gasteiger partial charge in [-0.15, -0.1) is 0 Å². The molecule has 3 rings (SSSR count). The van der Waals surface area contributed by atoms with Crippen molar-refractivity contribution in [2.75, 3.05) is 0 Å². The van der Waals surface area contributed by atoms with Gasteiger partial charge in [-0.3, -0.25) is 9.67 Å². The van der Waals surface area contributed by atoms with E-state index in [1.54, 1.807) is 6.08 Å². The van der Waals surface area contributed by atoms with Gasteiger partial charge in [-0.05, 0) is 68.6 Å². The molecule has 0 saturated heterocycles. The van der Waals surface area contributed by atoms with E-state index in [2.05, 4.69) is 74.0 Å². The van der Waals surface area contributed by atoms with Crippen LogP contribution in [0, 0.1) is 4.77 Å². The predicted octanol–water partition coefficient (Wildman–Crippen LogP) is 7.21. The number of benzene rings is 2. The van der Waals surface area contributed by atoms with Crippen LogP contribution in [0.3, 0.4) is 0 Å². The molecule has 0 spiro atoms. The van der Waals surface area contributed by atoms with Crippen LogP contribution in [0.4, 0.5) is 0 Å². The zero-order valence-corrected chi connectivity index (χ0v) is 18.0. The van der Waals surface area contributed by atoms with Gasteiger partial charge in [-0.2, -0.15) is 5.10 Å². The maximum Gasteiger partial charge on any atom is 0.200 e. The highest BCUT2D eigenvalue weighted by atomic mass is 32.1. The summed E-state index contributed by atoms with van der Waals surface area (Å²) in [6.07, 6.45) is 9.77. The molecule has 1 aromatic heterocycles. The van der Waals surface area contributed by atoms with Crippen molar-refractivity contribution in [3.63, 3.8) is 0 Å². The zero-order valence-electron chi connectivity index (χ0n) is 17.2. The fourth-order valence-electron chi connectivity index (χ4n) is 2.75.